The van der Waals surface area contributed by atoms with Crippen molar-refractivity contribution in [3.05, 3.63) is 12.3 Å². The van der Waals surface area contributed by atoms with Gasteiger partial charge in [-0.15, -0.1) is 0 Å². The number of nitrogens with one attached hydrogen (secondary N) is 1. The molecule has 56 valence electrons. The fourth-order valence-corrected chi connectivity index (χ4v) is 0.967. The van der Waals surface area contributed by atoms with E-state index in [-0.39, 0.29) is 11.9 Å². The predicted molar refractivity (Wildman–Crippen MR) is 37.3 cm³/mol. The highest BCUT2D eigenvalue weighted by Crippen LogP contribution is 2.14. The van der Waals surface area contributed by atoms with Crippen molar-refractivity contribution >= 4 is 5.91 Å². The van der Waals surface area contributed by atoms with E-state index in [2.05, 4.69) is 11.9 Å². The second kappa shape index (κ2) is 2.73. The van der Waals surface area contributed by atoms with Crippen LogP contribution in [0.2, 0.25) is 0 Å². The Morgan fingerprint density at radius 3 is 3.00 bits per heavy atom. The van der Waals surface area contributed by atoms with Gasteiger partial charge in [0, 0.05) is 13.3 Å². The van der Waals surface area contributed by atoms with E-state index in [4.69, 9.17) is 4.74 Å². The Morgan fingerprint density at radius 1 is 1.90 bits per heavy atom. The number of hydrogen-bond acceptors (Lipinski definition) is 2. The van der Waals surface area contributed by atoms with Crippen LogP contribution in [-0.4, -0.2) is 18.6 Å². The molecule has 3 nitrogen and oxygen atoms in total. The number of amides is 1. The lowest BCUT2D eigenvalue weighted by molar-refractivity contribution is -0.119. The van der Waals surface area contributed by atoms with E-state index in [0.29, 0.717) is 12.4 Å². The lowest BCUT2D eigenvalue weighted by atomic mass is 10.2. The SMILES string of the molecule is C=C1OCCC1NC(C)=O. The summed E-state index contributed by atoms with van der Waals surface area (Å²) < 4.78 is 5.06. The quantitative estimate of drug-likeness (QED) is 0.575. The smallest absolute Gasteiger partial charge is 0.217 e. The third-order valence-electron chi connectivity index (χ3n) is 1.46. The maximum Gasteiger partial charge on any atom is 0.217 e. The van der Waals surface area contributed by atoms with E-state index in [1.165, 1.54) is 6.92 Å². The summed E-state index contributed by atoms with van der Waals surface area (Å²) in [5.74, 6) is 0.645. The maximum absolute atomic E-state index is 10.5. The van der Waals surface area contributed by atoms with Gasteiger partial charge in [-0.3, -0.25) is 4.79 Å². The molecule has 1 unspecified atom stereocenters. The van der Waals surface area contributed by atoms with Crippen LogP contribution in [-0.2, 0) is 9.53 Å². The van der Waals surface area contributed by atoms with Crippen molar-refractivity contribution in [2.24, 2.45) is 0 Å². The zero-order valence-electron chi connectivity index (χ0n) is 6.02. The van der Waals surface area contributed by atoms with Crippen LogP contribution >= 0.6 is 0 Å². The van der Waals surface area contributed by atoms with E-state index in [1.807, 2.05) is 0 Å². The molecule has 0 aliphatic carbocycles. The van der Waals surface area contributed by atoms with Gasteiger partial charge in [0.25, 0.3) is 0 Å². The molecule has 1 saturated heterocycles. The summed E-state index contributed by atoms with van der Waals surface area (Å²) in [5, 5.41) is 2.73. The number of carbonyl (C=O) groups excluding carboxylic acids is 1. The molecule has 1 rings (SSSR count). The summed E-state index contributed by atoms with van der Waals surface area (Å²) in [6, 6.07) is 0.0394. The molecule has 0 spiro atoms. The van der Waals surface area contributed by atoms with Crippen molar-refractivity contribution in [3.63, 3.8) is 0 Å². The van der Waals surface area contributed by atoms with E-state index in [0.717, 1.165) is 6.42 Å². The highest BCUT2D eigenvalue weighted by molar-refractivity contribution is 5.73. The van der Waals surface area contributed by atoms with Gasteiger partial charge < -0.3 is 10.1 Å². The van der Waals surface area contributed by atoms with Crippen molar-refractivity contribution in [2.75, 3.05) is 6.61 Å². The molecule has 0 saturated carbocycles. The molecular weight excluding hydrogens is 130 g/mol. The monoisotopic (exact) mass is 141 g/mol. The molecule has 3 heteroatoms. The van der Waals surface area contributed by atoms with Crippen molar-refractivity contribution < 1.29 is 9.53 Å². The van der Waals surface area contributed by atoms with Gasteiger partial charge in [0.05, 0.1) is 12.6 Å². The summed E-state index contributed by atoms with van der Waals surface area (Å²) in [6.45, 7) is 5.81. The highest BCUT2D eigenvalue weighted by atomic mass is 16.5. The van der Waals surface area contributed by atoms with Gasteiger partial charge in [0.2, 0.25) is 5.91 Å². The van der Waals surface area contributed by atoms with Crippen LogP contribution in [0.5, 0.6) is 0 Å². The average molecular weight is 141 g/mol. The lowest BCUT2D eigenvalue weighted by Crippen LogP contribution is -2.31. The van der Waals surface area contributed by atoms with E-state index >= 15 is 0 Å². The molecule has 1 amide bonds. The second-order valence-electron chi connectivity index (χ2n) is 2.36. The van der Waals surface area contributed by atoms with Gasteiger partial charge in [-0.1, -0.05) is 6.58 Å². The minimum absolute atomic E-state index is 0.0309. The molecule has 1 N–H and O–H groups in total. The van der Waals surface area contributed by atoms with Crippen molar-refractivity contribution in [3.8, 4) is 0 Å². The summed E-state index contributed by atoms with van der Waals surface area (Å²) in [6.07, 6.45) is 0.846. The second-order valence-corrected chi connectivity index (χ2v) is 2.36. The molecule has 1 aliphatic rings. The van der Waals surface area contributed by atoms with Gasteiger partial charge in [-0.25, -0.2) is 0 Å². The first kappa shape index (κ1) is 7.12. The molecule has 0 aromatic carbocycles. The van der Waals surface area contributed by atoms with E-state index < -0.39 is 0 Å². The van der Waals surface area contributed by atoms with Crippen LogP contribution in [0.4, 0.5) is 0 Å². The molecule has 10 heavy (non-hydrogen) atoms. The number of hydrogen-bond donors (Lipinski definition) is 1. The van der Waals surface area contributed by atoms with Crippen LogP contribution < -0.4 is 5.32 Å². The number of carbonyl (C=O) groups is 1. The zero-order chi connectivity index (χ0) is 7.56. The number of ether oxygens (including phenoxy) is 1. The van der Waals surface area contributed by atoms with Gasteiger partial charge in [0.15, 0.2) is 0 Å². The molecule has 1 atom stereocenters. The Bertz CT molecular complexity index is 165. The normalized spacial score (nSPS) is 24.1. The summed E-state index contributed by atoms with van der Waals surface area (Å²) in [4.78, 5) is 10.5. The van der Waals surface area contributed by atoms with Gasteiger partial charge >= 0.3 is 0 Å². The molecule has 1 aliphatic heterocycles. The first-order chi connectivity index (χ1) is 4.70. The fraction of sp³-hybridized carbons (Fsp3) is 0.571. The van der Waals surface area contributed by atoms with Gasteiger partial charge in [-0.2, -0.15) is 0 Å². The standard InChI is InChI=1S/C7H11NO2/c1-5-7(3-4-10-5)8-6(2)9/h7H,1,3-4H2,2H3,(H,8,9). The van der Waals surface area contributed by atoms with Gasteiger partial charge in [0.1, 0.15) is 5.76 Å². The van der Waals surface area contributed by atoms with Crippen LogP contribution in [0.3, 0.4) is 0 Å². The highest BCUT2D eigenvalue weighted by Gasteiger charge is 2.20. The summed E-state index contributed by atoms with van der Waals surface area (Å²) in [7, 11) is 0. The minimum Gasteiger partial charge on any atom is -0.496 e. The molecule has 0 bridgehead atoms. The van der Waals surface area contributed by atoms with E-state index in [9.17, 15) is 4.79 Å². The topological polar surface area (TPSA) is 38.3 Å². The first-order valence-corrected chi connectivity index (χ1v) is 3.29. The van der Waals surface area contributed by atoms with Crippen molar-refractivity contribution in [1.29, 1.82) is 0 Å². The van der Waals surface area contributed by atoms with Crippen LogP contribution in [0.1, 0.15) is 13.3 Å². The Morgan fingerprint density at radius 2 is 2.60 bits per heavy atom. The first-order valence-electron chi connectivity index (χ1n) is 3.29. The summed E-state index contributed by atoms with van der Waals surface area (Å²) in [5.41, 5.74) is 0. The minimum atomic E-state index is -0.0309. The number of rotatable bonds is 1. The molecule has 0 aromatic heterocycles. The van der Waals surface area contributed by atoms with E-state index in [1.54, 1.807) is 0 Å². The Kier molecular flexibility index (Phi) is 1.94. The maximum atomic E-state index is 10.5. The van der Waals surface area contributed by atoms with Crippen molar-refractivity contribution in [2.45, 2.75) is 19.4 Å². The van der Waals surface area contributed by atoms with Crippen LogP contribution in [0.25, 0.3) is 0 Å². The largest absolute Gasteiger partial charge is 0.496 e. The predicted octanol–water partition coefficient (Wildman–Crippen LogP) is 0.425. The molecule has 1 heterocycles. The molecule has 0 aromatic rings. The molecule has 0 radical (unpaired) electrons. The van der Waals surface area contributed by atoms with Crippen LogP contribution in [0.15, 0.2) is 12.3 Å². The Labute approximate surface area is 60.1 Å². The van der Waals surface area contributed by atoms with Gasteiger partial charge in [-0.05, 0) is 0 Å². The van der Waals surface area contributed by atoms with Crippen LogP contribution in [0, 0.1) is 0 Å². The molecular formula is C7H11NO2. The average Bonchev–Trinajstić information content (AvgIpc) is 2.15. The third-order valence-corrected chi connectivity index (χ3v) is 1.46. The third kappa shape index (κ3) is 1.50. The Hall–Kier alpha value is -0.990. The zero-order valence-corrected chi connectivity index (χ0v) is 6.02. The fourth-order valence-electron chi connectivity index (χ4n) is 0.967. The molecule has 1 fully saturated rings. The summed E-state index contributed by atoms with van der Waals surface area (Å²) >= 11 is 0. The lowest BCUT2D eigenvalue weighted by Gasteiger charge is -2.08. The Balaban J connectivity index is 2.40. The van der Waals surface area contributed by atoms with Crippen molar-refractivity contribution in [1.82, 2.24) is 5.32 Å².